The number of nitrogens with zero attached hydrogens (tertiary/aromatic N) is 2. The molecule has 4 aromatic rings. The number of rotatable bonds is 7. The molecule has 5 heterocycles. The Morgan fingerprint density at radius 3 is 2.23 bits per heavy atom. The van der Waals surface area contributed by atoms with E-state index in [0.29, 0.717) is 25.7 Å². The van der Waals surface area contributed by atoms with E-state index in [2.05, 4.69) is 38.1 Å². The predicted octanol–water partition coefficient (Wildman–Crippen LogP) is 3.05. The smallest absolute Gasteiger partial charge is 0.247 e. The first-order chi connectivity index (χ1) is 22.7. The maximum Gasteiger partial charge on any atom is 0.247 e. The summed E-state index contributed by atoms with van der Waals surface area (Å²) in [5.41, 5.74) is 3.95. The van der Waals surface area contributed by atoms with Crippen molar-refractivity contribution in [3.63, 3.8) is 0 Å². The van der Waals surface area contributed by atoms with Gasteiger partial charge in [0.1, 0.15) is 35.9 Å². The highest BCUT2D eigenvalue weighted by atomic mass is 16.2. The maximum atomic E-state index is 14.3. The van der Waals surface area contributed by atoms with Crippen LogP contribution in [0.15, 0.2) is 85.1 Å². The van der Waals surface area contributed by atoms with E-state index in [4.69, 9.17) is 0 Å². The summed E-state index contributed by atoms with van der Waals surface area (Å²) in [6.45, 7) is 4.05. The van der Waals surface area contributed by atoms with Crippen LogP contribution in [0.2, 0.25) is 0 Å². The summed E-state index contributed by atoms with van der Waals surface area (Å²) in [5.74, 6) is -0.362. The summed E-state index contributed by atoms with van der Waals surface area (Å²) in [6.07, 6.45) is 3.22. The lowest BCUT2D eigenvalue weighted by atomic mass is 9.86. The van der Waals surface area contributed by atoms with E-state index in [-0.39, 0.29) is 29.5 Å². The molecule has 0 unspecified atom stereocenters. The van der Waals surface area contributed by atoms with Gasteiger partial charge in [0.25, 0.3) is 0 Å². The van der Waals surface area contributed by atoms with Gasteiger partial charge in [0.05, 0.1) is 0 Å². The Morgan fingerprint density at radius 2 is 1.43 bits per heavy atom. The first kappa shape index (κ1) is 29.3. The fourth-order valence-electron chi connectivity index (χ4n) is 8.27. The van der Waals surface area contributed by atoms with Crippen LogP contribution in [0, 0.1) is 5.92 Å². The molecular formula is C37H38N6O4. The third kappa shape index (κ3) is 4.60. The second kappa shape index (κ2) is 11.0. The lowest BCUT2D eigenvalue weighted by Crippen LogP contribution is -2.64. The van der Waals surface area contributed by atoms with Crippen LogP contribution in [0.25, 0.3) is 10.9 Å². The molecule has 4 aliphatic heterocycles. The highest BCUT2D eigenvalue weighted by Gasteiger charge is 2.64. The molecule has 0 radical (unpaired) electrons. The van der Waals surface area contributed by atoms with E-state index in [0.717, 1.165) is 33.3 Å². The van der Waals surface area contributed by atoms with Crippen molar-refractivity contribution in [1.82, 2.24) is 25.4 Å². The molecule has 0 aliphatic carbocycles. The number of benzene rings is 3. The van der Waals surface area contributed by atoms with Crippen LogP contribution in [-0.4, -0.2) is 63.4 Å². The van der Waals surface area contributed by atoms with E-state index < -0.39 is 35.9 Å². The molecule has 10 heteroatoms. The van der Waals surface area contributed by atoms with Gasteiger partial charge in [-0.3, -0.25) is 19.2 Å². The Kier molecular flexibility index (Phi) is 6.86. The summed E-state index contributed by atoms with van der Waals surface area (Å²) in [4.78, 5) is 56.1. The Morgan fingerprint density at radius 1 is 0.745 bits per heavy atom. The molecule has 10 nitrogen and oxygen atoms in total. The molecule has 6 atom stereocenters. The summed E-state index contributed by atoms with van der Waals surface area (Å²) in [7, 11) is 0. The molecule has 0 bridgehead atoms. The number of para-hydroxylation sites is 2. The van der Waals surface area contributed by atoms with Gasteiger partial charge in [-0.25, -0.2) is 0 Å². The number of aromatic nitrogens is 1. The highest BCUT2D eigenvalue weighted by molar-refractivity contribution is 6.00. The normalized spacial score (nSPS) is 28.0. The minimum absolute atomic E-state index is 0.111. The van der Waals surface area contributed by atoms with Crippen molar-refractivity contribution in [2.45, 2.75) is 75.4 Å². The largest absolute Gasteiger partial charge is 0.363 e. The third-order valence-corrected chi connectivity index (χ3v) is 10.3. The molecule has 8 rings (SSSR count). The topological polar surface area (TPSA) is 125 Å². The second-order valence-electron chi connectivity index (χ2n) is 13.7. The van der Waals surface area contributed by atoms with Crippen molar-refractivity contribution in [3.8, 4) is 0 Å². The van der Waals surface area contributed by atoms with Gasteiger partial charge in [0.2, 0.25) is 23.6 Å². The molecule has 0 spiro atoms. The number of carbonyl (C=O) groups excluding carboxylic acids is 4. The molecule has 0 saturated carbocycles. The first-order valence-electron chi connectivity index (χ1n) is 16.5. The van der Waals surface area contributed by atoms with Crippen molar-refractivity contribution in [1.29, 1.82) is 0 Å². The molecule has 3 fully saturated rings. The molecule has 3 saturated heterocycles. The van der Waals surface area contributed by atoms with Crippen LogP contribution in [0.4, 0.5) is 5.69 Å². The third-order valence-electron chi connectivity index (χ3n) is 10.3. The zero-order chi connectivity index (χ0) is 32.4. The number of hydrogen-bond donors (Lipinski definition) is 4. The van der Waals surface area contributed by atoms with Gasteiger partial charge >= 0.3 is 0 Å². The van der Waals surface area contributed by atoms with E-state index in [9.17, 15) is 19.2 Å². The monoisotopic (exact) mass is 630 g/mol. The van der Waals surface area contributed by atoms with Gasteiger partial charge in [-0.1, -0.05) is 80.6 Å². The molecule has 4 aliphatic rings. The zero-order valence-electron chi connectivity index (χ0n) is 26.4. The van der Waals surface area contributed by atoms with Crippen molar-refractivity contribution < 1.29 is 19.2 Å². The van der Waals surface area contributed by atoms with Crippen LogP contribution >= 0.6 is 0 Å². The van der Waals surface area contributed by atoms with Gasteiger partial charge in [-0.15, -0.1) is 0 Å². The lowest BCUT2D eigenvalue weighted by molar-refractivity contribution is -0.148. The Hall–Kier alpha value is -5.12. The second-order valence-corrected chi connectivity index (χ2v) is 13.7. The summed E-state index contributed by atoms with van der Waals surface area (Å²) >= 11 is 0. The average molecular weight is 631 g/mol. The fraction of sp³-hybridized carbons (Fsp3) is 0.351. The molecule has 1 aromatic heterocycles. The average Bonchev–Trinajstić information content (AvgIpc) is 3.70. The number of hydrogen-bond acceptors (Lipinski definition) is 5. The van der Waals surface area contributed by atoms with E-state index >= 15 is 0 Å². The van der Waals surface area contributed by atoms with Gasteiger partial charge in [-0.2, -0.15) is 0 Å². The van der Waals surface area contributed by atoms with E-state index in [1.165, 1.54) is 0 Å². The minimum atomic E-state index is -0.797. The zero-order valence-corrected chi connectivity index (χ0v) is 26.4. The number of fused-ring (bicyclic) bond motifs is 6. The van der Waals surface area contributed by atoms with Crippen molar-refractivity contribution in [3.05, 3.63) is 102 Å². The highest BCUT2D eigenvalue weighted by Crippen LogP contribution is 2.54. The molecule has 240 valence electrons. The van der Waals surface area contributed by atoms with Crippen LogP contribution in [0.3, 0.4) is 0 Å². The fourth-order valence-corrected chi connectivity index (χ4v) is 8.27. The van der Waals surface area contributed by atoms with Crippen LogP contribution in [-0.2, 0) is 37.6 Å². The van der Waals surface area contributed by atoms with Crippen molar-refractivity contribution >= 4 is 40.2 Å². The van der Waals surface area contributed by atoms with Gasteiger partial charge in [0, 0.05) is 47.6 Å². The van der Waals surface area contributed by atoms with Crippen LogP contribution < -0.4 is 21.3 Å². The van der Waals surface area contributed by atoms with Crippen molar-refractivity contribution in [2.24, 2.45) is 5.92 Å². The molecule has 47 heavy (non-hydrogen) atoms. The van der Waals surface area contributed by atoms with E-state index in [1.807, 2.05) is 86.6 Å². The molecule has 4 amide bonds. The van der Waals surface area contributed by atoms with Crippen molar-refractivity contribution in [2.75, 3.05) is 5.32 Å². The maximum absolute atomic E-state index is 14.3. The minimum Gasteiger partial charge on any atom is -0.363 e. The summed E-state index contributed by atoms with van der Waals surface area (Å²) in [5, 5.41) is 13.5. The quantitative estimate of drug-likeness (QED) is 0.250. The summed E-state index contributed by atoms with van der Waals surface area (Å²) in [6, 6.07) is 23.2. The van der Waals surface area contributed by atoms with Gasteiger partial charge in [-0.05, 0) is 35.6 Å². The standard InChI is InChI=1S/C37H38N6O4/c1-21(2)16-27-32(44)39-28(33(45)38-27)18-23-20-42(30-15-9-6-12-24(23)30)37-19-31-34(46)40-29(17-22-10-4-3-5-11-22)35(47)43(31)36(37)41-26-14-8-7-13-25(26)37/h3-15,20-21,27-29,31,36,41H,16-19H2,1-2H3,(H,38,45)(H,39,44)(H,40,46)/t27-,28+,29+,31+,36-,37+/m1/s1. The van der Waals surface area contributed by atoms with Crippen LogP contribution in [0.1, 0.15) is 43.4 Å². The Labute approximate surface area is 272 Å². The summed E-state index contributed by atoms with van der Waals surface area (Å²) < 4.78 is 2.20. The van der Waals surface area contributed by atoms with Crippen LogP contribution in [0.5, 0.6) is 0 Å². The molecule has 3 aromatic carbocycles. The van der Waals surface area contributed by atoms with Gasteiger partial charge < -0.3 is 30.7 Å². The van der Waals surface area contributed by atoms with Gasteiger partial charge in [0.15, 0.2) is 0 Å². The Bertz CT molecular complexity index is 1920. The van der Waals surface area contributed by atoms with E-state index in [1.54, 1.807) is 4.90 Å². The SMILES string of the molecule is CC(C)C[C@H]1NC(=O)[C@H](Cc2cn([C@]34C[C@H]5C(=O)N[C@@H](Cc6ccccc6)C(=O)N5[C@H]3Nc3ccccc34)c3ccccc23)NC1=O. The molecular weight excluding hydrogens is 592 g/mol. The lowest BCUT2D eigenvalue weighted by Gasteiger charge is -2.39. The predicted molar refractivity (Wildman–Crippen MR) is 177 cm³/mol. The Balaban J connectivity index is 1.19. The number of nitrogens with one attached hydrogen (secondary N) is 4. The molecule has 4 N–H and O–H groups in total. The number of anilines is 1. The number of piperazine rings is 2. The number of amides is 4. The number of carbonyl (C=O) groups is 4. The first-order valence-corrected chi connectivity index (χ1v) is 16.5.